The van der Waals surface area contributed by atoms with E-state index in [2.05, 4.69) is 13.8 Å². The fourth-order valence-electron chi connectivity index (χ4n) is 5.65. The second kappa shape index (κ2) is 11.4. The smallest absolute Gasteiger partial charge is 0.313 e. The molecule has 2 rings (SSSR count). The Balaban J connectivity index is 2.41. The number of ether oxygens (including phenoxy) is 2. The molecule has 1 unspecified atom stereocenters. The molecule has 2 saturated carbocycles. The third-order valence-corrected chi connectivity index (χ3v) is 7.09. The van der Waals surface area contributed by atoms with Crippen LogP contribution >= 0.6 is 0 Å². The first-order valence-corrected chi connectivity index (χ1v) is 12.1. The molecule has 2 aliphatic carbocycles. The average Bonchev–Trinajstić information content (AvgIpc) is 2.72. The molecule has 0 aromatic carbocycles. The highest BCUT2D eigenvalue weighted by molar-refractivity contribution is 5.86. The van der Waals surface area contributed by atoms with Crippen LogP contribution in [0.15, 0.2) is 0 Å². The van der Waals surface area contributed by atoms with Crippen molar-refractivity contribution in [2.45, 2.75) is 98.8 Å². The van der Waals surface area contributed by atoms with Crippen molar-refractivity contribution in [1.82, 2.24) is 0 Å². The fourth-order valence-corrected chi connectivity index (χ4v) is 5.65. The van der Waals surface area contributed by atoms with Crippen LogP contribution < -0.4 is 0 Å². The van der Waals surface area contributed by atoms with Gasteiger partial charge in [-0.2, -0.15) is 0 Å². The van der Waals surface area contributed by atoms with Crippen LogP contribution in [0.1, 0.15) is 98.8 Å². The zero-order valence-corrected chi connectivity index (χ0v) is 19.5. The summed E-state index contributed by atoms with van der Waals surface area (Å²) >= 11 is 0. The molecule has 0 radical (unpaired) electrons. The van der Waals surface area contributed by atoms with Gasteiger partial charge in [0.05, 0.1) is 24.5 Å². The van der Waals surface area contributed by atoms with Crippen LogP contribution in [0.4, 0.5) is 0 Å². The van der Waals surface area contributed by atoms with Gasteiger partial charge in [-0.25, -0.2) is 0 Å². The van der Waals surface area contributed by atoms with E-state index in [9.17, 15) is 9.59 Å². The van der Waals surface area contributed by atoms with Gasteiger partial charge in [-0.1, -0.05) is 73.1 Å². The van der Waals surface area contributed by atoms with Gasteiger partial charge in [0, 0.05) is 0 Å². The van der Waals surface area contributed by atoms with E-state index in [1.807, 2.05) is 20.8 Å². The van der Waals surface area contributed by atoms with Crippen LogP contribution in [-0.4, -0.2) is 25.2 Å². The third kappa shape index (κ3) is 5.98. The van der Waals surface area contributed by atoms with Gasteiger partial charge in [-0.05, 0) is 49.4 Å². The first kappa shape index (κ1) is 24.2. The molecule has 0 heterocycles. The molecule has 2 aliphatic rings. The molecule has 0 aromatic rings. The van der Waals surface area contributed by atoms with Gasteiger partial charge in [0.1, 0.15) is 0 Å². The molecule has 2 fully saturated rings. The Labute approximate surface area is 178 Å². The summed E-state index contributed by atoms with van der Waals surface area (Å²) in [4.78, 5) is 27.0. The summed E-state index contributed by atoms with van der Waals surface area (Å²) in [5.74, 6) is 0.235. The molecule has 0 amide bonds. The van der Waals surface area contributed by atoms with Crippen molar-refractivity contribution in [2.24, 2.45) is 35.0 Å². The highest BCUT2D eigenvalue weighted by Gasteiger charge is 2.58. The van der Waals surface area contributed by atoms with Crippen molar-refractivity contribution in [3.63, 3.8) is 0 Å². The van der Waals surface area contributed by atoms with Gasteiger partial charge < -0.3 is 9.47 Å². The maximum atomic E-state index is 13.8. The highest BCUT2D eigenvalue weighted by Crippen LogP contribution is 2.54. The van der Waals surface area contributed by atoms with Crippen molar-refractivity contribution >= 4 is 11.9 Å². The third-order valence-electron chi connectivity index (χ3n) is 7.09. The molecule has 0 saturated heterocycles. The molecule has 0 bridgehead atoms. The maximum absolute atomic E-state index is 13.8. The molecular formula is C25H44O4. The molecule has 0 aromatic heterocycles. The van der Waals surface area contributed by atoms with Crippen molar-refractivity contribution in [1.29, 1.82) is 0 Å². The van der Waals surface area contributed by atoms with Gasteiger partial charge in [0.25, 0.3) is 0 Å². The van der Waals surface area contributed by atoms with Gasteiger partial charge in [0.15, 0.2) is 0 Å². The molecule has 0 spiro atoms. The second-order valence-electron chi connectivity index (χ2n) is 10.3. The van der Waals surface area contributed by atoms with Crippen LogP contribution in [0.25, 0.3) is 0 Å². The summed E-state index contributed by atoms with van der Waals surface area (Å²) < 4.78 is 11.6. The number of hydrogen-bond acceptors (Lipinski definition) is 4. The van der Waals surface area contributed by atoms with E-state index in [-0.39, 0.29) is 35.6 Å². The summed E-state index contributed by atoms with van der Waals surface area (Å²) in [6.07, 6.45) is 11.1. The minimum Gasteiger partial charge on any atom is -0.465 e. The number of rotatable bonds is 9. The molecule has 168 valence electrons. The predicted molar refractivity (Wildman–Crippen MR) is 116 cm³/mol. The Bertz CT molecular complexity index is 495. The lowest BCUT2D eigenvalue weighted by Gasteiger charge is -2.49. The number of hydrogen-bond donors (Lipinski definition) is 0. The van der Waals surface area contributed by atoms with Crippen molar-refractivity contribution < 1.29 is 19.1 Å². The number of esters is 2. The molecule has 4 heteroatoms. The Morgan fingerprint density at radius 1 is 0.724 bits per heavy atom. The van der Waals surface area contributed by atoms with Gasteiger partial charge in [-0.15, -0.1) is 0 Å². The van der Waals surface area contributed by atoms with E-state index in [4.69, 9.17) is 9.47 Å². The van der Waals surface area contributed by atoms with E-state index in [0.717, 1.165) is 51.4 Å². The summed E-state index contributed by atoms with van der Waals surface area (Å²) in [6.45, 7) is 11.0. The minimum atomic E-state index is -0.732. The topological polar surface area (TPSA) is 52.6 Å². The standard InChI is InChI=1S/C25H44O4/c1-18(2)16-28-23(26)20(5)25(21-12-8-6-9-13-21,22-14-10-7-11-15-22)24(27)29-17-19(3)4/h18-22H,6-17H2,1-5H3. The van der Waals surface area contributed by atoms with E-state index in [1.54, 1.807) is 0 Å². The van der Waals surface area contributed by atoms with Gasteiger partial charge in [0.2, 0.25) is 0 Å². The normalized spacial score (nSPS) is 20.7. The van der Waals surface area contributed by atoms with Crippen LogP contribution in [0.5, 0.6) is 0 Å². The average molecular weight is 409 g/mol. The van der Waals surface area contributed by atoms with Crippen LogP contribution in [0.3, 0.4) is 0 Å². The Hall–Kier alpha value is -1.06. The lowest BCUT2D eigenvalue weighted by molar-refractivity contribution is -0.184. The molecule has 0 N–H and O–H groups in total. The van der Waals surface area contributed by atoms with Crippen molar-refractivity contribution in [3.05, 3.63) is 0 Å². The minimum absolute atomic E-state index is 0.126. The van der Waals surface area contributed by atoms with Crippen LogP contribution in [0.2, 0.25) is 0 Å². The fraction of sp³-hybridized carbons (Fsp3) is 0.920. The van der Waals surface area contributed by atoms with E-state index in [0.29, 0.717) is 13.2 Å². The van der Waals surface area contributed by atoms with Gasteiger partial charge >= 0.3 is 11.9 Å². The second-order valence-corrected chi connectivity index (χ2v) is 10.3. The maximum Gasteiger partial charge on any atom is 0.313 e. The van der Waals surface area contributed by atoms with Crippen LogP contribution in [0, 0.1) is 35.0 Å². The summed E-state index contributed by atoms with van der Waals surface area (Å²) in [5, 5.41) is 0. The first-order valence-electron chi connectivity index (χ1n) is 12.1. The van der Waals surface area contributed by atoms with Gasteiger partial charge in [-0.3, -0.25) is 9.59 Å². The molecule has 0 aliphatic heterocycles. The molecule has 1 atom stereocenters. The van der Waals surface area contributed by atoms with E-state index in [1.165, 1.54) is 12.8 Å². The molecular weight excluding hydrogens is 364 g/mol. The quantitative estimate of drug-likeness (QED) is 0.428. The summed E-state index contributed by atoms with van der Waals surface area (Å²) in [6, 6.07) is 0. The monoisotopic (exact) mass is 408 g/mol. The Kier molecular flexibility index (Phi) is 9.49. The van der Waals surface area contributed by atoms with E-state index >= 15 is 0 Å². The Morgan fingerprint density at radius 2 is 1.14 bits per heavy atom. The van der Waals surface area contributed by atoms with Crippen molar-refractivity contribution in [2.75, 3.05) is 13.2 Å². The summed E-state index contributed by atoms with van der Waals surface area (Å²) in [7, 11) is 0. The molecule has 4 nitrogen and oxygen atoms in total. The molecule has 29 heavy (non-hydrogen) atoms. The SMILES string of the molecule is CC(C)COC(=O)C(C)C(C(=O)OCC(C)C)(C1CCCCC1)C1CCCCC1. The van der Waals surface area contributed by atoms with Crippen molar-refractivity contribution in [3.8, 4) is 0 Å². The largest absolute Gasteiger partial charge is 0.465 e. The number of carbonyl (C=O) groups excluding carboxylic acids is 2. The van der Waals surface area contributed by atoms with Crippen LogP contribution in [-0.2, 0) is 19.1 Å². The first-order chi connectivity index (χ1) is 13.8. The summed E-state index contributed by atoms with van der Waals surface area (Å²) in [5.41, 5.74) is -0.732. The zero-order valence-electron chi connectivity index (χ0n) is 19.5. The lowest BCUT2D eigenvalue weighted by Crippen LogP contribution is -2.54. The zero-order chi connectivity index (χ0) is 21.4. The number of carbonyl (C=O) groups is 2. The van der Waals surface area contributed by atoms with E-state index < -0.39 is 11.3 Å². The lowest BCUT2D eigenvalue weighted by atomic mass is 9.53. The Morgan fingerprint density at radius 3 is 1.55 bits per heavy atom. The highest BCUT2D eigenvalue weighted by atomic mass is 16.5. The predicted octanol–water partition coefficient (Wildman–Crippen LogP) is 6.17.